The Hall–Kier alpha value is -0.850. The van der Waals surface area contributed by atoms with Crippen LogP contribution in [0.4, 0.5) is 0 Å². The molecule has 1 aliphatic carbocycles. The van der Waals surface area contributed by atoms with Crippen molar-refractivity contribution in [2.24, 2.45) is 5.92 Å². The van der Waals surface area contributed by atoms with E-state index < -0.39 is 7.37 Å². The van der Waals surface area contributed by atoms with Gasteiger partial charge in [0, 0.05) is 11.8 Å². The van der Waals surface area contributed by atoms with Crippen LogP contribution in [0.5, 0.6) is 0 Å². The predicted octanol–water partition coefficient (Wildman–Crippen LogP) is 4.98. The molecule has 1 aromatic rings. The molecule has 1 N–H and O–H groups in total. The molecule has 1 saturated carbocycles. The molecule has 0 saturated heterocycles. The summed E-state index contributed by atoms with van der Waals surface area (Å²) in [4.78, 5) is 10.2. The fraction of sp³-hybridized carbons (Fsp3) is 0.529. The lowest BCUT2D eigenvalue weighted by atomic mass is 10.2. The summed E-state index contributed by atoms with van der Waals surface area (Å²) in [6.45, 7) is 2.20. The number of hydrogen-bond donors (Lipinski definition) is 1. The largest absolute Gasteiger partial charge is 0.344 e. The third-order valence-electron chi connectivity index (χ3n) is 3.93. The average molecular weight is 292 g/mol. The molecule has 3 heteroatoms. The molecule has 1 aliphatic rings. The number of hydrogen-bond acceptors (Lipinski definition) is 1. The van der Waals surface area contributed by atoms with E-state index in [0.717, 1.165) is 18.4 Å². The van der Waals surface area contributed by atoms with Crippen LogP contribution < -0.4 is 0 Å². The second-order valence-electron chi connectivity index (χ2n) is 5.79. The lowest BCUT2D eigenvalue weighted by Crippen LogP contribution is -1.95. The van der Waals surface area contributed by atoms with Crippen molar-refractivity contribution in [3.63, 3.8) is 0 Å². The van der Waals surface area contributed by atoms with E-state index in [1.807, 2.05) is 30.3 Å². The first-order valence-corrected chi connectivity index (χ1v) is 9.57. The molecule has 1 fully saturated rings. The second kappa shape index (κ2) is 7.24. The average Bonchev–Trinajstić information content (AvgIpc) is 3.20. The third-order valence-corrected chi connectivity index (χ3v) is 6.38. The van der Waals surface area contributed by atoms with Crippen molar-refractivity contribution in [1.29, 1.82) is 0 Å². The standard InChI is InChI=1S/C17H25O2P/c1-2-3-4-5-9-12-16-13-17(16)20(18,19)14-15-10-7-6-8-11-15/h6-12,16-17H,2-5,13-14H2,1H3,(H,18,19)/b12-9-. The Morgan fingerprint density at radius 3 is 2.75 bits per heavy atom. The first-order chi connectivity index (χ1) is 9.63. The van der Waals surface area contributed by atoms with Crippen LogP contribution in [0.2, 0.25) is 0 Å². The van der Waals surface area contributed by atoms with Gasteiger partial charge in [0.1, 0.15) is 0 Å². The van der Waals surface area contributed by atoms with Crippen LogP contribution in [0.3, 0.4) is 0 Å². The van der Waals surface area contributed by atoms with Gasteiger partial charge in [-0.3, -0.25) is 4.57 Å². The first kappa shape index (κ1) is 15.5. The minimum Gasteiger partial charge on any atom is -0.344 e. The molecule has 2 rings (SSSR count). The van der Waals surface area contributed by atoms with Gasteiger partial charge in [-0.2, -0.15) is 0 Å². The fourth-order valence-corrected chi connectivity index (χ4v) is 4.86. The molecule has 0 aliphatic heterocycles. The van der Waals surface area contributed by atoms with Crippen LogP contribution in [0, 0.1) is 5.92 Å². The van der Waals surface area contributed by atoms with E-state index in [1.165, 1.54) is 19.3 Å². The third kappa shape index (κ3) is 4.61. The Labute approximate surface area is 122 Å². The van der Waals surface area contributed by atoms with Gasteiger partial charge in [-0.05, 0) is 30.7 Å². The summed E-state index contributed by atoms with van der Waals surface area (Å²) in [5.41, 5.74) is 0.959. The zero-order chi connectivity index (χ0) is 14.4. The highest BCUT2D eigenvalue weighted by molar-refractivity contribution is 7.58. The van der Waals surface area contributed by atoms with Crippen LogP contribution >= 0.6 is 7.37 Å². The molecule has 1 aromatic carbocycles. The van der Waals surface area contributed by atoms with Gasteiger partial charge in [-0.15, -0.1) is 0 Å². The van der Waals surface area contributed by atoms with Gasteiger partial charge in [0.05, 0.1) is 0 Å². The van der Waals surface area contributed by atoms with Crippen molar-refractivity contribution in [2.45, 2.75) is 50.8 Å². The first-order valence-electron chi connectivity index (χ1n) is 7.65. The normalized spacial score (nSPS) is 24.7. The lowest BCUT2D eigenvalue weighted by molar-refractivity contribution is 0.474. The molecule has 3 unspecified atom stereocenters. The summed E-state index contributed by atoms with van der Waals surface area (Å²) in [6, 6.07) is 9.65. The Bertz CT molecular complexity index is 481. The Kier molecular flexibility index (Phi) is 5.63. The highest BCUT2D eigenvalue weighted by Gasteiger charge is 2.47. The number of unbranched alkanes of at least 4 members (excludes halogenated alkanes) is 3. The molecule has 2 nitrogen and oxygen atoms in total. The maximum atomic E-state index is 12.4. The summed E-state index contributed by atoms with van der Waals surface area (Å²) in [5.74, 6) is 0.330. The quantitative estimate of drug-likeness (QED) is 0.417. The Balaban J connectivity index is 1.79. The lowest BCUT2D eigenvalue weighted by Gasteiger charge is -2.10. The summed E-state index contributed by atoms with van der Waals surface area (Å²) in [5, 5.41) is 0. The number of benzene rings is 1. The van der Waals surface area contributed by atoms with Gasteiger partial charge in [-0.1, -0.05) is 62.2 Å². The fourth-order valence-electron chi connectivity index (χ4n) is 2.62. The molecule has 0 heterocycles. The van der Waals surface area contributed by atoms with Gasteiger partial charge in [0.25, 0.3) is 0 Å². The summed E-state index contributed by atoms with van der Waals surface area (Å²) in [7, 11) is -3.04. The van der Waals surface area contributed by atoms with Gasteiger partial charge in [0.15, 0.2) is 0 Å². The minimum absolute atomic E-state index is 0.00914. The Morgan fingerprint density at radius 2 is 2.05 bits per heavy atom. The second-order valence-corrected chi connectivity index (χ2v) is 8.28. The van der Waals surface area contributed by atoms with Crippen molar-refractivity contribution in [2.75, 3.05) is 0 Å². The van der Waals surface area contributed by atoms with Crippen molar-refractivity contribution >= 4 is 7.37 Å². The molecule has 0 aromatic heterocycles. The SMILES string of the molecule is CCCCC/C=C\C1CC1P(=O)(O)Cc1ccccc1. The zero-order valence-electron chi connectivity index (χ0n) is 12.2. The molecule has 20 heavy (non-hydrogen) atoms. The van der Waals surface area contributed by atoms with Gasteiger partial charge in [0.2, 0.25) is 7.37 Å². The summed E-state index contributed by atoms with van der Waals surface area (Å²) < 4.78 is 12.4. The van der Waals surface area contributed by atoms with E-state index in [1.54, 1.807) is 0 Å². The van der Waals surface area contributed by atoms with Crippen LogP contribution in [0.15, 0.2) is 42.5 Å². The van der Waals surface area contributed by atoms with Gasteiger partial charge in [-0.25, -0.2) is 0 Å². The zero-order valence-corrected chi connectivity index (χ0v) is 13.1. The molecule has 3 atom stereocenters. The van der Waals surface area contributed by atoms with E-state index in [2.05, 4.69) is 19.1 Å². The van der Waals surface area contributed by atoms with Crippen molar-refractivity contribution in [1.82, 2.24) is 0 Å². The van der Waals surface area contributed by atoms with Gasteiger partial charge < -0.3 is 4.89 Å². The molecule has 110 valence electrons. The van der Waals surface area contributed by atoms with Crippen molar-refractivity contribution in [3.8, 4) is 0 Å². The van der Waals surface area contributed by atoms with E-state index >= 15 is 0 Å². The van der Waals surface area contributed by atoms with Crippen molar-refractivity contribution in [3.05, 3.63) is 48.0 Å². The van der Waals surface area contributed by atoms with E-state index in [4.69, 9.17) is 0 Å². The van der Waals surface area contributed by atoms with E-state index in [9.17, 15) is 9.46 Å². The molecular weight excluding hydrogens is 267 g/mol. The Morgan fingerprint density at radius 1 is 1.30 bits per heavy atom. The number of allylic oxidation sites excluding steroid dienone is 2. The highest BCUT2D eigenvalue weighted by Crippen LogP contribution is 2.63. The number of rotatable bonds is 8. The maximum Gasteiger partial charge on any atom is 0.208 e. The minimum atomic E-state index is -3.04. The van der Waals surface area contributed by atoms with E-state index in [0.29, 0.717) is 12.1 Å². The maximum absolute atomic E-state index is 12.4. The molecule has 0 spiro atoms. The molecule has 0 amide bonds. The summed E-state index contributed by atoms with van der Waals surface area (Å²) >= 11 is 0. The van der Waals surface area contributed by atoms with Crippen LogP contribution in [0.1, 0.15) is 44.6 Å². The summed E-state index contributed by atoms with van der Waals surface area (Å²) in [6.07, 6.45) is 10.4. The van der Waals surface area contributed by atoms with Crippen molar-refractivity contribution < 1.29 is 9.46 Å². The molecule has 0 radical (unpaired) electrons. The van der Waals surface area contributed by atoms with Crippen LogP contribution in [-0.4, -0.2) is 10.6 Å². The van der Waals surface area contributed by atoms with Crippen LogP contribution in [-0.2, 0) is 10.7 Å². The molecular formula is C17H25O2P. The monoisotopic (exact) mass is 292 g/mol. The van der Waals surface area contributed by atoms with Gasteiger partial charge >= 0.3 is 0 Å². The topological polar surface area (TPSA) is 37.3 Å². The van der Waals surface area contributed by atoms with Crippen LogP contribution in [0.25, 0.3) is 0 Å². The van der Waals surface area contributed by atoms with E-state index in [-0.39, 0.29) is 5.66 Å². The smallest absolute Gasteiger partial charge is 0.208 e. The highest BCUT2D eigenvalue weighted by atomic mass is 31.2. The molecule has 0 bridgehead atoms. The predicted molar refractivity (Wildman–Crippen MR) is 85.1 cm³/mol.